The largest absolute Gasteiger partial charge is 0.496 e. The molecule has 1 amide bonds. The van der Waals surface area contributed by atoms with E-state index in [1.165, 1.54) is 31.9 Å². The third-order valence-corrected chi connectivity index (χ3v) is 4.64. The lowest BCUT2D eigenvalue weighted by atomic mass is 10.1. The van der Waals surface area contributed by atoms with Crippen LogP contribution in [0.2, 0.25) is 0 Å². The van der Waals surface area contributed by atoms with Crippen LogP contribution in [0.4, 0.5) is 0 Å². The Morgan fingerprint density at radius 2 is 2.25 bits per heavy atom. The van der Waals surface area contributed by atoms with Crippen molar-refractivity contribution in [3.8, 4) is 5.75 Å². The molecule has 7 nitrogen and oxygen atoms in total. The molecule has 2 unspecified atom stereocenters. The number of ether oxygens (including phenoxy) is 1. The number of rotatable bonds is 7. The number of amides is 1. The van der Waals surface area contributed by atoms with Crippen LogP contribution in [0.1, 0.15) is 38.5 Å². The number of aliphatic imine (C=N–C) groups is 1. The van der Waals surface area contributed by atoms with Gasteiger partial charge in [-0.05, 0) is 6.42 Å². The standard InChI is InChI=1S/C16H20N2O5S/c1-4-5-11(13-6-10(22-3)7-14(20)23-13)17-15(21)12-8-24-16(18-12)9(2)19/h6-7,11-12H,4-5,8H2,1-3H3,(H,17,21). The highest BCUT2D eigenvalue weighted by atomic mass is 32.2. The minimum absolute atomic E-state index is 0.140. The Kier molecular flexibility index (Phi) is 6.19. The monoisotopic (exact) mass is 352 g/mol. The summed E-state index contributed by atoms with van der Waals surface area (Å²) in [5.74, 6) is 0.726. The first-order valence-electron chi connectivity index (χ1n) is 7.65. The molecule has 0 spiro atoms. The quantitative estimate of drug-likeness (QED) is 0.802. The van der Waals surface area contributed by atoms with Gasteiger partial charge in [0.1, 0.15) is 22.6 Å². The molecule has 0 bridgehead atoms. The van der Waals surface area contributed by atoms with Crippen molar-refractivity contribution in [2.75, 3.05) is 12.9 Å². The second-order valence-electron chi connectivity index (χ2n) is 5.39. The minimum Gasteiger partial charge on any atom is -0.496 e. The molecule has 0 fully saturated rings. The van der Waals surface area contributed by atoms with E-state index in [0.717, 1.165) is 6.42 Å². The summed E-state index contributed by atoms with van der Waals surface area (Å²) in [7, 11) is 1.46. The van der Waals surface area contributed by atoms with E-state index in [1.807, 2.05) is 6.92 Å². The molecule has 24 heavy (non-hydrogen) atoms. The summed E-state index contributed by atoms with van der Waals surface area (Å²) in [5.41, 5.74) is -0.534. The lowest BCUT2D eigenvalue weighted by Crippen LogP contribution is -2.37. The first-order valence-corrected chi connectivity index (χ1v) is 8.64. The van der Waals surface area contributed by atoms with Crippen LogP contribution in [0.25, 0.3) is 0 Å². The maximum absolute atomic E-state index is 12.4. The van der Waals surface area contributed by atoms with Gasteiger partial charge in [0.05, 0.1) is 19.2 Å². The van der Waals surface area contributed by atoms with Gasteiger partial charge in [-0.2, -0.15) is 0 Å². The molecule has 1 aromatic heterocycles. The molecule has 0 radical (unpaired) electrons. The summed E-state index contributed by atoms with van der Waals surface area (Å²) >= 11 is 1.28. The fraction of sp³-hybridized carbons (Fsp3) is 0.500. The fourth-order valence-electron chi connectivity index (χ4n) is 2.31. The lowest BCUT2D eigenvalue weighted by molar-refractivity contribution is -0.122. The maximum atomic E-state index is 12.4. The highest BCUT2D eigenvalue weighted by Crippen LogP contribution is 2.23. The summed E-state index contributed by atoms with van der Waals surface area (Å²) < 4.78 is 10.3. The van der Waals surface area contributed by atoms with E-state index >= 15 is 0 Å². The highest BCUT2D eigenvalue weighted by molar-refractivity contribution is 8.16. The topological polar surface area (TPSA) is 98.0 Å². The summed E-state index contributed by atoms with van der Waals surface area (Å²) in [6.07, 6.45) is 1.39. The van der Waals surface area contributed by atoms with Gasteiger partial charge in [-0.1, -0.05) is 13.3 Å². The van der Waals surface area contributed by atoms with Crippen molar-refractivity contribution in [3.63, 3.8) is 0 Å². The number of ketones is 1. The predicted octanol–water partition coefficient (Wildman–Crippen LogP) is 1.71. The number of methoxy groups -OCH3 is 1. The molecule has 130 valence electrons. The van der Waals surface area contributed by atoms with Gasteiger partial charge in [0, 0.05) is 18.7 Å². The van der Waals surface area contributed by atoms with Gasteiger partial charge in [0.25, 0.3) is 0 Å². The minimum atomic E-state index is -0.606. The zero-order chi connectivity index (χ0) is 17.7. The van der Waals surface area contributed by atoms with Gasteiger partial charge in [0.15, 0.2) is 5.78 Å². The normalized spacial score (nSPS) is 18.0. The van der Waals surface area contributed by atoms with Gasteiger partial charge in [0.2, 0.25) is 5.91 Å². The molecule has 2 atom stereocenters. The number of hydrogen-bond donors (Lipinski definition) is 1. The molecule has 8 heteroatoms. The molecule has 0 saturated heterocycles. The van der Waals surface area contributed by atoms with E-state index < -0.39 is 17.7 Å². The van der Waals surface area contributed by atoms with Crippen LogP contribution in [-0.2, 0) is 9.59 Å². The Bertz CT molecular complexity index is 713. The van der Waals surface area contributed by atoms with Crippen molar-refractivity contribution < 1.29 is 18.7 Å². The van der Waals surface area contributed by atoms with Crippen LogP contribution in [0, 0.1) is 0 Å². The molecule has 0 aliphatic carbocycles. The highest BCUT2D eigenvalue weighted by Gasteiger charge is 2.29. The van der Waals surface area contributed by atoms with Crippen LogP contribution >= 0.6 is 11.8 Å². The molecular formula is C16H20N2O5S. The molecular weight excluding hydrogens is 332 g/mol. The SMILES string of the molecule is CCCC(NC(=O)C1CSC(C(C)=O)=N1)c1cc(OC)cc(=O)o1. The van der Waals surface area contributed by atoms with Crippen LogP contribution in [0.15, 0.2) is 26.3 Å². The first kappa shape index (κ1) is 18.3. The third kappa shape index (κ3) is 4.47. The number of thioether (sulfide) groups is 1. The number of hydrogen-bond acceptors (Lipinski definition) is 7. The second kappa shape index (κ2) is 8.14. The molecule has 0 saturated carbocycles. The van der Waals surface area contributed by atoms with Gasteiger partial charge >= 0.3 is 5.63 Å². The van der Waals surface area contributed by atoms with Gasteiger partial charge < -0.3 is 14.5 Å². The van der Waals surface area contributed by atoms with E-state index in [0.29, 0.717) is 28.7 Å². The Morgan fingerprint density at radius 1 is 1.50 bits per heavy atom. The lowest BCUT2D eigenvalue weighted by Gasteiger charge is -2.18. The van der Waals surface area contributed by atoms with E-state index in [2.05, 4.69) is 10.3 Å². The van der Waals surface area contributed by atoms with Crippen LogP contribution in [0.5, 0.6) is 5.75 Å². The van der Waals surface area contributed by atoms with Crippen molar-refractivity contribution in [3.05, 3.63) is 28.3 Å². The number of nitrogens with one attached hydrogen (secondary N) is 1. The second-order valence-corrected chi connectivity index (χ2v) is 6.39. The van der Waals surface area contributed by atoms with Crippen molar-refractivity contribution >= 4 is 28.5 Å². The Hall–Kier alpha value is -2.09. The van der Waals surface area contributed by atoms with Crippen LogP contribution in [0.3, 0.4) is 0 Å². The summed E-state index contributed by atoms with van der Waals surface area (Å²) in [6, 6.07) is 1.78. The Morgan fingerprint density at radius 3 is 2.83 bits per heavy atom. The zero-order valence-electron chi connectivity index (χ0n) is 13.8. The zero-order valence-corrected chi connectivity index (χ0v) is 14.6. The van der Waals surface area contributed by atoms with Crippen LogP contribution < -0.4 is 15.7 Å². The van der Waals surface area contributed by atoms with Crippen molar-refractivity contribution in [1.82, 2.24) is 5.32 Å². The van der Waals surface area contributed by atoms with E-state index in [9.17, 15) is 14.4 Å². The van der Waals surface area contributed by atoms with Gasteiger partial charge in [-0.3, -0.25) is 14.6 Å². The molecule has 2 heterocycles. The maximum Gasteiger partial charge on any atom is 0.339 e. The third-order valence-electron chi connectivity index (χ3n) is 3.49. The van der Waals surface area contributed by atoms with Gasteiger partial charge in [-0.15, -0.1) is 11.8 Å². The molecule has 2 rings (SSSR count). The number of carbonyl (C=O) groups is 2. The molecule has 1 aliphatic heterocycles. The number of nitrogens with zero attached hydrogens (tertiary/aromatic N) is 1. The van der Waals surface area contributed by atoms with Gasteiger partial charge in [-0.25, -0.2) is 4.79 Å². The summed E-state index contributed by atoms with van der Waals surface area (Å²) in [5, 5.41) is 3.23. The average molecular weight is 352 g/mol. The molecule has 1 N–H and O–H groups in total. The Labute approximate surface area is 143 Å². The Balaban J connectivity index is 2.17. The molecule has 1 aromatic rings. The average Bonchev–Trinajstić information content (AvgIpc) is 3.04. The smallest absolute Gasteiger partial charge is 0.339 e. The van der Waals surface area contributed by atoms with Crippen molar-refractivity contribution in [2.24, 2.45) is 4.99 Å². The summed E-state index contributed by atoms with van der Waals surface area (Å²) in [6.45, 7) is 3.39. The van der Waals surface area contributed by atoms with Crippen molar-refractivity contribution in [1.29, 1.82) is 0 Å². The van der Waals surface area contributed by atoms with Crippen molar-refractivity contribution in [2.45, 2.75) is 38.8 Å². The predicted molar refractivity (Wildman–Crippen MR) is 91.7 cm³/mol. The summed E-state index contributed by atoms with van der Waals surface area (Å²) in [4.78, 5) is 39.5. The fourth-order valence-corrected chi connectivity index (χ4v) is 3.25. The van der Waals surface area contributed by atoms with E-state index in [1.54, 1.807) is 6.07 Å². The number of carbonyl (C=O) groups excluding carboxylic acids is 2. The van der Waals surface area contributed by atoms with E-state index in [-0.39, 0.29) is 11.7 Å². The van der Waals surface area contributed by atoms with E-state index in [4.69, 9.17) is 9.15 Å². The molecule has 1 aliphatic rings. The van der Waals surface area contributed by atoms with Crippen LogP contribution in [-0.4, -0.2) is 35.6 Å². The number of Topliss-reactive ketones (excluding diaryl/α,β-unsaturated/α-hetero) is 1. The first-order chi connectivity index (χ1) is 11.4. The molecule has 0 aromatic carbocycles.